The van der Waals surface area contributed by atoms with E-state index < -0.39 is 0 Å². The topological polar surface area (TPSA) is 37.8 Å². The molecule has 0 aliphatic rings. The van der Waals surface area contributed by atoms with Crippen LogP contribution in [0.15, 0.2) is 35.1 Å². The Morgan fingerprint density at radius 3 is 2.76 bits per heavy atom. The monoisotopic (exact) mass is 311 g/mol. The van der Waals surface area contributed by atoms with Crippen LogP contribution in [-0.4, -0.2) is 16.5 Å². The summed E-state index contributed by atoms with van der Waals surface area (Å²) >= 11 is 9.45. The van der Waals surface area contributed by atoms with E-state index in [2.05, 4.69) is 31.2 Å². The fourth-order valence-electron chi connectivity index (χ4n) is 1.49. The predicted molar refractivity (Wildman–Crippen MR) is 74.3 cm³/mol. The van der Waals surface area contributed by atoms with Crippen molar-refractivity contribution >= 4 is 33.3 Å². The van der Waals surface area contributed by atoms with Crippen LogP contribution in [0.5, 0.6) is 0 Å². The second-order valence-electron chi connectivity index (χ2n) is 3.41. The molecule has 0 radical (unpaired) electrons. The lowest BCUT2D eigenvalue weighted by atomic mass is 10.1. The van der Waals surface area contributed by atoms with Crippen molar-refractivity contribution in [1.29, 1.82) is 0 Å². The first-order chi connectivity index (χ1) is 8.22. The average Bonchev–Trinajstić information content (AvgIpc) is 2.34. The van der Waals surface area contributed by atoms with Gasteiger partial charge < -0.3 is 5.32 Å². The van der Waals surface area contributed by atoms with Gasteiger partial charge in [-0.15, -0.1) is 0 Å². The van der Waals surface area contributed by atoms with Crippen molar-refractivity contribution in [3.8, 4) is 11.3 Å². The Hall–Kier alpha value is -1.13. The van der Waals surface area contributed by atoms with E-state index in [9.17, 15) is 0 Å². The van der Waals surface area contributed by atoms with Crippen LogP contribution < -0.4 is 5.32 Å². The van der Waals surface area contributed by atoms with E-state index in [-0.39, 0.29) is 0 Å². The van der Waals surface area contributed by atoms with E-state index in [1.165, 1.54) is 0 Å². The van der Waals surface area contributed by atoms with Gasteiger partial charge in [0.25, 0.3) is 0 Å². The Morgan fingerprint density at radius 1 is 1.29 bits per heavy atom. The fourth-order valence-corrected chi connectivity index (χ4v) is 1.92. The van der Waals surface area contributed by atoms with Gasteiger partial charge in [0.2, 0.25) is 0 Å². The molecule has 1 aromatic carbocycles. The highest BCUT2D eigenvalue weighted by molar-refractivity contribution is 9.10. The summed E-state index contributed by atoms with van der Waals surface area (Å²) in [5, 5.41) is 3.84. The first kappa shape index (κ1) is 12.3. The summed E-state index contributed by atoms with van der Waals surface area (Å²) in [6.45, 7) is 2.82. The number of hydrogen-bond acceptors (Lipinski definition) is 3. The highest BCUT2D eigenvalue weighted by Crippen LogP contribution is 2.30. The van der Waals surface area contributed by atoms with Crippen molar-refractivity contribution in [1.82, 2.24) is 9.97 Å². The van der Waals surface area contributed by atoms with Crippen LogP contribution in [0, 0.1) is 0 Å². The number of nitrogens with zero attached hydrogens (tertiary/aromatic N) is 2. The largest absolute Gasteiger partial charge is 0.369 e. The summed E-state index contributed by atoms with van der Waals surface area (Å²) in [4.78, 5) is 8.61. The van der Waals surface area contributed by atoms with Gasteiger partial charge in [0, 0.05) is 29.0 Å². The van der Waals surface area contributed by atoms with E-state index in [1.807, 2.05) is 25.1 Å². The Kier molecular flexibility index (Phi) is 3.97. The molecule has 1 aromatic heterocycles. The number of halogens is 2. The van der Waals surface area contributed by atoms with Gasteiger partial charge in [-0.3, -0.25) is 4.98 Å². The molecule has 2 rings (SSSR count). The molecule has 0 saturated heterocycles. The van der Waals surface area contributed by atoms with Gasteiger partial charge in [0.1, 0.15) is 5.69 Å². The van der Waals surface area contributed by atoms with Crippen LogP contribution >= 0.6 is 27.5 Å². The number of nitrogens with one attached hydrogen (secondary N) is 1. The van der Waals surface area contributed by atoms with Gasteiger partial charge in [0.15, 0.2) is 5.82 Å². The molecule has 0 fully saturated rings. The molecule has 0 amide bonds. The van der Waals surface area contributed by atoms with Crippen molar-refractivity contribution in [2.45, 2.75) is 6.92 Å². The van der Waals surface area contributed by atoms with Gasteiger partial charge in [-0.2, -0.15) is 0 Å². The van der Waals surface area contributed by atoms with E-state index in [1.54, 1.807) is 12.4 Å². The van der Waals surface area contributed by atoms with Crippen molar-refractivity contribution in [3.63, 3.8) is 0 Å². The summed E-state index contributed by atoms with van der Waals surface area (Å²) in [5.74, 6) is 0.772. The van der Waals surface area contributed by atoms with E-state index in [0.717, 1.165) is 28.1 Å². The van der Waals surface area contributed by atoms with Crippen molar-refractivity contribution in [2.24, 2.45) is 0 Å². The van der Waals surface area contributed by atoms with E-state index in [4.69, 9.17) is 11.6 Å². The summed E-state index contributed by atoms with van der Waals surface area (Å²) < 4.78 is 0.872. The molecule has 0 aliphatic heterocycles. The molecule has 2 aromatic rings. The summed E-state index contributed by atoms with van der Waals surface area (Å²) in [7, 11) is 0. The van der Waals surface area contributed by atoms with Crippen LogP contribution in [0.25, 0.3) is 11.3 Å². The summed E-state index contributed by atoms with van der Waals surface area (Å²) in [6.07, 6.45) is 3.34. The number of hydrogen-bond donors (Lipinski definition) is 1. The normalized spacial score (nSPS) is 10.3. The van der Waals surface area contributed by atoms with E-state index in [0.29, 0.717) is 5.02 Å². The highest BCUT2D eigenvalue weighted by Gasteiger charge is 2.08. The SMILES string of the molecule is CCNc1nccnc1-c1ccc(Br)c(Cl)c1. The second-order valence-corrected chi connectivity index (χ2v) is 4.67. The molecule has 0 saturated carbocycles. The third-order valence-corrected chi connectivity index (χ3v) is 3.47. The lowest BCUT2D eigenvalue weighted by Crippen LogP contribution is -2.02. The molecule has 3 nitrogen and oxygen atoms in total. The Bertz CT molecular complexity index is 531. The van der Waals surface area contributed by atoms with Crippen molar-refractivity contribution in [2.75, 3.05) is 11.9 Å². The fraction of sp³-hybridized carbons (Fsp3) is 0.167. The lowest BCUT2D eigenvalue weighted by molar-refractivity contribution is 1.12. The zero-order valence-electron chi connectivity index (χ0n) is 9.24. The number of benzene rings is 1. The minimum atomic E-state index is 0.663. The molecule has 17 heavy (non-hydrogen) atoms. The van der Waals surface area contributed by atoms with Gasteiger partial charge in [-0.1, -0.05) is 17.7 Å². The van der Waals surface area contributed by atoms with Crippen LogP contribution in [0.2, 0.25) is 5.02 Å². The highest BCUT2D eigenvalue weighted by atomic mass is 79.9. The van der Waals surface area contributed by atoms with Crippen LogP contribution in [0.3, 0.4) is 0 Å². The molecular weight excluding hydrogens is 302 g/mol. The van der Waals surface area contributed by atoms with Crippen LogP contribution in [0.1, 0.15) is 6.92 Å². The molecule has 1 heterocycles. The zero-order valence-corrected chi connectivity index (χ0v) is 11.6. The molecule has 0 spiro atoms. The maximum Gasteiger partial charge on any atom is 0.152 e. The van der Waals surface area contributed by atoms with Crippen LogP contribution in [-0.2, 0) is 0 Å². The minimum Gasteiger partial charge on any atom is -0.369 e. The third kappa shape index (κ3) is 2.76. The quantitative estimate of drug-likeness (QED) is 0.931. The third-order valence-electron chi connectivity index (χ3n) is 2.24. The molecule has 0 bridgehead atoms. The maximum atomic E-state index is 6.08. The van der Waals surface area contributed by atoms with Crippen LogP contribution in [0.4, 0.5) is 5.82 Å². The minimum absolute atomic E-state index is 0.663. The molecular formula is C12H11BrClN3. The first-order valence-electron chi connectivity index (χ1n) is 5.22. The smallest absolute Gasteiger partial charge is 0.152 e. The molecule has 0 aliphatic carbocycles. The van der Waals surface area contributed by atoms with Gasteiger partial charge in [-0.25, -0.2) is 4.98 Å². The first-order valence-corrected chi connectivity index (χ1v) is 6.39. The van der Waals surface area contributed by atoms with Gasteiger partial charge >= 0.3 is 0 Å². The van der Waals surface area contributed by atoms with E-state index >= 15 is 0 Å². The van der Waals surface area contributed by atoms with Crippen molar-refractivity contribution in [3.05, 3.63) is 40.1 Å². The van der Waals surface area contributed by atoms with Gasteiger partial charge in [-0.05, 0) is 35.0 Å². The summed E-state index contributed by atoms with van der Waals surface area (Å²) in [5.41, 5.74) is 1.76. The molecule has 5 heteroatoms. The van der Waals surface area contributed by atoms with Crippen molar-refractivity contribution < 1.29 is 0 Å². The van der Waals surface area contributed by atoms with Gasteiger partial charge in [0.05, 0.1) is 5.02 Å². The zero-order chi connectivity index (χ0) is 12.3. The molecule has 88 valence electrons. The Morgan fingerprint density at radius 2 is 2.06 bits per heavy atom. The number of anilines is 1. The number of aromatic nitrogens is 2. The molecule has 0 atom stereocenters. The second kappa shape index (κ2) is 5.47. The maximum absolute atomic E-state index is 6.08. The number of rotatable bonds is 3. The molecule has 1 N–H and O–H groups in total. The lowest BCUT2D eigenvalue weighted by Gasteiger charge is -2.08. The molecule has 0 unspecified atom stereocenters. The Balaban J connectivity index is 2.48. The summed E-state index contributed by atoms with van der Waals surface area (Å²) in [6, 6.07) is 5.74. The standard InChI is InChI=1S/C12H11BrClN3/c1-2-15-12-11(16-5-6-17-12)8-3-4-9(13)10(14)7-8/h3-7H,2H2,1H3,(H,15,17). The average molecular weight is 313 g/mol. The predicted octanol–water partition coefficient (Wildman–Crippen LogP) is 3.99. The Labute approximate surface area is 113 Å².